The third-order valence-corrected chi connectivity index (χ3v) is 7.55. The van der Waals surface area contributed by atoms with Crippen LogP contribution in [-0.4, -0.2) is 50.8 Å². The van der Waals surface area contributed by atoms with Gasteiger partial charge in [0, 0.05) is 42.5 Å². The van der Waals surface area contributed by atoms with Crippen molar-refractivity contribution in [3.63, 3.8) is 0 Å². The molecule has 10 heteroatoms. The maximum Gasteiger partial charge on any atom is 0.230 e. The van der Waals surface area contributed by atoms with Gasteiger partial charge in [-0.3, -0.25) is 4.90 Å². The van der Waals surface area contributed by atoms with Crippen LogP contribution in [0.1, 0.15) is 16.5 Å². The van der Waals surface area contributed by atoms with E-state index >= 15 is 4.39 Å². The van der Waals surface area contributed by atoms with E-state index in [1.54, 1.807) is 30.5 Å². The van der Waals surface area contributed by atoms with Crippen LogP contribution < -0.4 is 4.90 Å². The van der Waals surface area contributed by atoms with Gasteiger partial charge in [-0.15, -0.1) is 5.10 Å². The van der Waals surface area contributed by atoms with Gasteiger partial charge in [-0.2, -0.15) is 9.50 Å². The van der Waals surface area contributed by atoms with E-state index in [9.17, 15) is 5.11 Å². The number of hydrogen-bond donors (Lipinski definition) is 1. The Labute approximate surface area is 209 Å². The molecule has 178 valence electrons. The highest BCUT2D eigenvalue weighted by Gasteiger charge is 2.33. The summed E-state index contributed by atoms with van der Waals surface area (Å²) in [5, 5.41) is 16.3. The van der Waals surface area contributed by atoms with Crippen LogP contribution in [0.25, 0.3) is 16.5 Å². The molecule has 6 rings (SSSR count). The lowest BCUT2D eigenvalue weighted by Gasteiger charge is -2.40. The van der Waals surface area contributed by atoms with E-state index in [0.717, 1.165) is 18.8 Å². The summed E-state index contributed by atoms with van der Waals surface area (Å²) in [6, 6.07) is 17.5. The molecule has 5 aromatic rings. The van der Waals surface area contributed by atoms with Crippen molar-refractivity contribution < 1.29 is 13.9 Å². The van der Waals surface area contributed by atoms with Crippen LogP contribution >= 0.6 is 22.9 Å². The minimum atomic E-state index is -0.474. The lowest BCUT2D eigenvalue weighted by molar-refractivity contribution is 0.208. The van der Waals surface area contributed by atoms with Crippen molar-refractivity contribution in [3.8, 4) is 17.5 Å². The number of benzene rings is 2. The van der Waals surface area contributed by atoms with Crippen molar-refractivity contribution in [2.75, 3.05) is 31.1 Å². The number of piperazine rings is 1. The molecule has 35 heavy (non-hydrogen) atoms. The standard InChI is InChI=1S/C25H21ClFN5O2S/c26-16-5-3-6-17(15-16)30-10-12-31(13-11-30)21(18-7-1-2-8-19(18)27)22-24(33)32-25(35-22)28-23(29-32)20-9-4-14-34-20/h1-9,14-15,21,33H,10-13H2. The fourth-order valence-electron chi connectivity index (χ4n) is 4.55. The molecule has 1 aliphatic rings. The summed E-state index contributed by atoms with van der Waals surface area (Å²) < 4.78 is 21.8. The molecule has 1 aliphatic heterocycles. The number of rotatable bonds is 5. The van der Waals surface area contributed by atoms with Crippen molar-refractivity contribution in [2.24, 2.45) is 0 Å². The molecule has 0 bridgehead atoms. The van der Waals surface area contributed by atoms with Gasteiger partial charge < -0.3 is 14.4 Å². The van der Waals surface area contributed by atoms with Gasteiger partial charge in [0.15, 0.2) is 5.76 Å². The van der Waals surface area contributed by atoms with E-state index in [4.69, 9.17) is 16.0 Å². The topological polar surface area (TPSA) is 70.0 Å². The Morgan fingerprint density at radius 2 is 1.86 bits per heavy atom. The average molecular weight is 510 g/mol. The quantitative estimate of drug-likeness (QED) is 0.339. The molecule has 1 fully saturated rings. The van der Waals surface area contributed by atoms with Crippen molar-refractivity contribution >= 4 is 33.6 Å². The van der Waals surface area contributed by atoms with Gasteiger partial charge in [-0.25, -0.2) is 4.39 Å². The van der Waals surface area contributed by atoms with Crippen LogP contribution in [0.2, 0.25) is 5.02 Å². The van der Waals surface area contributed by atoms with Crippen LogP contribution in [0.15, 0.2) is 71.3 Å². The second-order valence-corrected chi connectivity index (χ2v) is 9.77. The summed E-state index contributed by atoms with van der Waals surface area (Å²) in [5.74, 6) is 0.551. The highest BCUT2D eigenvalue weighted by atomic mass is 35.5. The first kappa shape index (κ1) is 22.1. The van der Waals surface area contributed by atoms with Gasteiger partial charge in [0.05, 0.1) is 17.2 Å². The van der Waals surface area contributed by atoms with Crippen molar-refractivity contribution in [1.29, 1.82) is 0 Å². The fraction of sp³-hybridized carbons (Fsp3) is 0.200. The van der Waals surface area contributed by atoms with Gasteiger partial charge in [0.2, 0.25) is 16.7 Å². The Hall–Kier alpha value is -3.40. The molecule has 4 heterocycles. The highest BCUT2D eigenvalue weighted by Crippen LogP contribution is 2.41. The van der Waals surface area contributed by atoms with Crippen LogP contribution in [-0.2, 0) is 0 Å². The number of halogens is 2. The SMILES string of the molecule is Oc1c(C(c2ccccc2F)N2CCN(c3cccc(Cl)c3)CC2)sc2nc(-c3ccco3)nn12. The maximum absolute atomic E-state index is 15.1. The monoisotopic (exact) mass is 509 g/mol. The molecule has 0 spiro atoms. The number of furan rings is 1. The number of aromatic nitrogens is 3. The average Bonchev–Trinajstić information content (AvgIpc) is 3.60. The van der Waals surface area contributed by atoms with E-state index in [0.29, 0.717) is 45.1 Å². The summed E-state index contributed by atoms with van der Waals surface area (Å²) in [4.78, 5) is 10.1. The third-order valence-electron chi connectivity index (χ3n) is 6.24. The van der Waals surface area contributed by atoms with E-state index in [-0.39, 0.29) is 11.7 Å². The van der Waals surface area contributed by atoms with Gasteiger partial charge in [0.25, 0.3) is 0 Å². The smallest absolute Gasteiger partial charge is 0.230 e. The fourth-order valence-corrected chi connectivity index (χ4v) is 5.84. The molecule has 1 N–H and O–H groups in total. The summed E-state index contributed by atoms with van der Waals surface area (Å²) in [7, 11) is 0. The molecular weight excluding hydrogens is 489 g/mol. The first-order valence-corrected chi connectivity index (χ1v) is 12.4. The van der Waals surface area contributed by atoms with E-state index in [1.165, 1.54) is 21.9 Å². The summed E-state index contributed by atoms with van der Waals surface area (Å²) in [6.45, 7) is 2.84. The second-order valence-electron chi connectivity index (χ2n) is 8.32. The molecule has 0 radical (unpaired) electrons. The van der Waals surface area contributed by atoms with Crippen LogP contribution in [0.5, 0.6) is 5.88 Å². The van der Waals surface area contributed by atoms with E-state index in [1.807, 2.05) is 30.3 Å². The van der Waals surface area contributed by atoms with E-state index < -0.39 is 6.04 Å². The zero-order valence-electron chi connectivity index (χ0n) is 18.5. The minimum absolute atomic E-state index is 0.0409. The van der Waals surface area contributed by atoms with Crippen LogP contribution in [0.3, 0.4) is 0 Å². The summed E-state index contributed by atoms with van der Waals surface area (Å²) in [6.07, 6.45) is 1.55. The normalized spacial score (nSPS) is 15.7. The lowest BCUT2D eigenvalue weighted by atomic mass is 10.0. The van der Waals surface area contributed by atoms with Gasteiger partial charge in [-0.1, -0.05) is 47.2 Å². The van der Waals surface area contributed by atoms with Crippen molar-refractivity contribution in [2.45, 2.75) is 6.04 Å². The predicted molar refractivity (Wildman–Crippen MR) is 134 cm³/mol. The first-order valence-electron chi connectivity index (χ1n) is 11.2. The molecule has 1 unspecified atom stereocenters. The van der Waals surface area contributed by atoms with Crippen LogP contribution in [0, 0.1) is 5.82 Å². The number of nitrogens with zero attached hydrogens (tertiary/aromatic N) is 5. The zero-order valence-corrected chi connectivity index (χ0v) is 20.1. The molecular formula is C25H21ClFN5O2S. The van der Waals surface area contributed by atoms with Crippen molar-refractivity contribution in [3.05, 3.63) is 88.2 Å². The molecule has 1 atom stereocenters. The highest BCUT2D eigenvalue weighted by molar-refractivity contribution is 7.17. The molecule has 2 aromatic carbocycles. The summed E-state index contributed by atoms with van der Waals surface area (Å²) >= 11 is 7.49. The van der Waals surface area contributed by atoms with E-state index in [2.05, 4.69) is 19.9 Å². The second kappa shape index (κ2) is 8.99. The lowest BCUT2D eigenvalue weighted by Crippen LogP contribution is -2.48. The largest absolute Gasteiger partial charge is 0.492 e. The van der Waals surface area contributed by atoms with Gasteiger partial charge >= 0.3 is 0 Å². The Balaban J connectivity index is 1.35. The molecule has 0 saturated carbocycles. The number of hydrogen-bond acceptors (Lipinski definition) is 7. The Morgan fingerprint density at radius 1 is 1.03 bits per heavy atom. The molecule has 7 nitrogen and oxygen atoms in total. The summed E-state index contributed by atoms with van der Waals surface area (Å²) in [5.41, 5.74) is 1.57. The van der Waals surface area contributed by atoms with Gasteiger partial charge in [0.1, 0.15) is 5.82 Å². The molecule has 0 amide bonds. The number of aromatic hydroxyl groups is 1. The number of fused-ring (bicyclic) bond motifs is 1. The molecule has 3 aromatic heterocycles. The predicted octanol–water partition coefficient (Wildman–Crippen LogP) is 5.46. The zero-order chi connectivity index (χ0) is 23.9. The molecule has 1 saturated heterocycles. The molecule has 0 aliphatic carbocycles. The van der Waals surface area contributed by atoms with Gasteiger partial charge in [-0.05, 0) is 36.4 Å². The minimum Gasteiger partial charge on any atom is -0.492 e. The maximum atomic E-state index is 15.1. The number of anilines is 1. The Morgan fingerprint density at radius 3 is 2.57 bits per heavy atom. The third kappa shape index (κ3) is 4.05. The Kier molecular flexibility index (Phi) is 5.68. The Bertz CT molecular complexity index is 1480. The number of thiazole rings is 1. The first-order chi connectivity index (χ1) is 17.1. The van der Waals surface area contributed by atoms with Crippen molar-refractivity contribution in [1.82, 2.24) is 19.5 Å². The van der Waals surface area contributed by atoms with Crippen LogP contribution in [0.4, 0.5) is 10.1 Å².